The molecule has 1 aliphatic carbocycles. The van der Waals surface area contributed by atoms with Gasteiger partial charge in [0.1, 0.15) is 0 Å². The zero-order chi connectivity index (χ0) is 20.3. The predicted molar refractivity (Wildman–Crippen MR) is 122 cm³/mol. The SMILES string of the molecule is O=c1[nH]c2ccccc2n1CCCCCCN=C1C[C@H]2c3ccccc3CC[C@H]2N1. The first kappa shape index (κ1) is 19.2. The Kier molecular flexibility index (Phi) is 5.43. The lowest BCUT2D eigenvalue weighted by Crippen LogP contribution is -2.31. The highest BCUT2D eigenvalue weighted by Gasteiger charge is 2.35. The van der Waals surface area contributed by atoms with Crippen molar-refractivity contribution in [2.75, 3.05) is 6.54 Å². The molecule has 2 aliphatic rings. The van der Waals surface area contributed by atoms with Crippen LogP contribution < -0.4 is 11.0 Å². The van der Waals surface area contributed by atoms with Gasteiger partial charge >= 0.3 is 5.69 Å². The number of amidine groups is 1. The molecule has 5 heteroatoms. The summed E-state index contributed by atoms with van der Waals surface area (Å²) in [6.45, 7) is 1.68. The average Bonchev–Trinajstić information content (AvgIpc) is 3.33. The van der Waals surface area contributed by atoms with Crippen molar-refractivity contribution < 1.29 is 0 Å². The molecular weight excluding hydrogens is 372 g/mol. The highest BCUT2D eigenvalue weighted by molar-refractivity contribution is 5.86. The van der Waals surface area contributed by atoms with Crippen molar-refractivity contribution in [3.63, 3.8) is 0 Å². The van der Waals surface area contributed by atoms with E-state index in [-0.39, 0.29) is 5.69 Å². The Morgan fingerprint density at radius 1 is 1.00 bits per heavy atom. The second kappa shape index (κ2) is 8.50. The standard InChI is InChI=1S/C25H30N4O/c30-25-28-22-11-5-6-12-23(22)29(25)16-8-2-1-7-15-26-24-17-20-19-10-4-3-9-18(19)13-14-21(20)27-24/h3-6,9-12,20-21H,1-2,7-8,13-17H2,(H,26,27)(H,28,30)/t20-,21+/m0/s1. The van der Waals surface area contributed by atoms with Gasteiger partial charge in [-0.05, 0) is 48.9 Å². The van der Waals surface area contributed by atoms with E-state index in [1.165, 1.54) is 29.8 Å². The van der Waals surface area contributed by atoms with Gasteiger partial charge in [-0.3, -0.25) is 9.56 Å². The number of imidazole rings is 1. The van der Waals surface area contributed by atoms with Gasteiger partial charge in [0.25, 0.3) is 0 Å². The van der Waals surface area contributed by atoms with Crippen LogP contribution >= 0.6 is 0 Å². The Morgan fingerprint density at radius 3 is 2.80 bits per heavy atom. The van der Waals surface area contributed by atoms with Gasteiger partial charge < -0.3 is 10.3 Å². The number of aromatic nitrogens is 2. The quantitative estimate of drug-likeness (QED) is 0.576. The van der Waals surface area contributed by atoms with E-state index in [1.807, 2.05) is 28.8 Å². The molecule has 0 unspecified atom stereocenters. The Hall–Kier alpha value is -2.82. The summed E-state index contributed by atoms with van der Waals surface area (Å²) < 4.78 is 1.86. The number of benzene rings is 2. The molecule has 1 fully saturated rings. The number of nitrogens with one attached hydrogen (secondary N) is 2. The zero-order valence-electron chi connectivity index (χ0n) is 17.4. The summed E-state index contributed by atoms with van der Waals surface area (Å²) in [6, 6.07) is 17.4. The summed E-state index contributed by atoms with van der Waals surface area (Å²) >= 11 is 0. The molecule has 1 aromatic heterocycles. The minimum Gasteiger partial charge on any atom is -0.370 e. The fourth-order valence-corrected chi connectivity index (χ4v) is 5.15. The number of aryl methyl sites for hydroxylation is 2. The number of para-hydroxylation sites is 2. The summed E-state index contributed by atoms with van der Waals surface area (Å²) in [5.74, 6) is 1.80. The van der Waals surface area contributed by atoms with Crippen molar-refractivity contribution in [3.8, 4) is 0 Å². The molecule has 0 amide bonds. The number of rotatable bonds is 7. The van der Waals surface area contributed by atoms with Crippen LogP contribution in [0.1, 0.15) is 55.6 Å². The van der Waals surface area contributed by atoms with Crippen LogP contribution in [-0.2, 0) is 13.0 Å². The Morgan fingerprint density at radius 2 is 1.83 bits per heavy atom. The molecule has 156 valence electrons. The van der Waals surface area contributed by atoms with Crippen molar-refractivity contribution in [2.45, 2.75) is 63.5 Å². The number of aromatic amines is 1. The molecule has 2 aromatic carbocycles. The number of H-pyrrole nitrogens is 1. The highest BCUT2D eigenvalue weighted by Crippen LogP contribution is 2.37. The normalized spacial score (nSPS) is 21.5. The molecular formula is C25H30N4O. The van der Waals surface area contributed by atoms with Gasteiger partial charge in [0.05, 0.1) is 16.9 Å². The second-order valence-electron chi connectivity index (χ2n) is 8.64. The molecule has 30 heavy (non-hydrogen) atoms. The maximum atomic E-state index is 12.1. The molecule has 0 radical (unpaired) electrons. The topological polar surface area (TPSA) is 62.2 Å². The molecule has 0 bridgehead atoms. The minimum atomic E-state index is -0.00190. The van der Waals surface area contributed by atoms with E-state index in [4.69, 9.17) is 4.99 Å². The Labute approximate surface area is 177 Å². The van der Waals surface area contributed by atoms with E-state index < -0.39 is 0 Å². The smallest absolute Gasteiger partial charge is 0.326 e. The molecule has 2 N–H and O–H groups in total. The summed E-state index contributed by atoms with van der Waals surface area (Å²) in [4.78, 5) is 19.9. The van der Waals surface area contributed by atoms with Crippen LogP contribution in [0.25, 0.3) is 11.0 Å². The summed E-state index contributed by atoms with van der Waals surface area (Å²) in [6.07, 6.45) is 7.88. The fraction of sp³-hybridized carbons (Fsp3) is 0.440. The number of unbranched alkanes of at least 4 members (excludes halogenated alkanes) is 3. The number of nitrogens with zero attached hydrogens (tertiary/aromatic N) is 2. The first-order chi connectivity index (χ1) is 14.8. The monoisotopic (exact) mass is 402 g/mol. The number of hydrogen-bond acceptors (Lipinski definition) is 2. The van der Waals surface area contributed by atoms with Crippen molar-refractivity contribution in [2.24, 2.45) is 4.99 Å². The third kappa shape index (κ3) is 3.81. The van der Waals surface area contributed by atoms with Crippen molar-refractivity contribution in [1.29, 1.82) is 0 Å². The molecule has 5 nitrogen and oxygen atoms in total. The Balaban J connectivity index is 1.07. The van der Waals surface area contributed by atoms with Gasteiger partial charge in [-0.2, -0.15) is 0 Å². The van der Waals surface area contributed by atoms with Gasteiger partial charge in [0.2, 0.25) is 0 Å². The summed E-state index contributed by atoms with van der Waals surface area (Å²) in [7, 11) is 0. The van der Waals surface area contributed by atoms with Crippen molar-refractivity contribution in [1.82, 2.24) is 14.9 Å². The van der Waals surface area contributed by atoms with Crippen molar-refractivity contribution >= 4 is 16.9 Å². The molecule has 1 aliphatic heterocycles. The van der Waals surface area contributed by atoms with Crippen LogP contribution in [0.3, 0.4) is 0 Å². The number of fused-ring (bicyclic) bond motifs is 4. The van der Waals surface area contributed by atoms with Crippen LogP contribution in [0.4, 0.5) is 0 Å². The van der Waals surface area contributed by atoms with Gasteiger partial charge in [0.15, 0.2) is 0 Å². The van der Waals surface area contributed by atoms with Crippen LogP contribution in [0.15, 0.2) is 58.3 Å². The summed E-state index contributed by atoms with van der Waals surface area (Å²) in [5, 5.41) is 3.69. The van der Waals surface area contributed by atoms with Gasteiger partial charge in [0, 0.05) is 31.5 Å². The number of hydrogen-bond donors (Lipinski definition) is 2. The third-order valence-corrected chi connectivity index (χ3v) is 6.70. The molecule has 2 atom stereocenters. The zero-order valence-corrected chi connectivity index (χ0v) is 17.4. The molecule has 0 spiro atoms. The van der Waals surface area contributed by atoms with Gasteiger partial charge in [-0.1, -0.05) is 49.2 Å². The van der Waals surface area contributed by atoms with Crippen LogP contribution in [0.2, 0.25) is 0 Å². The summed E-state index contributed by atoms with van der Waals surface area (Å²) in [5.41, 5.74) is 4.97. The molecule has 3 aromatic rings. The lowest BCUT2D eigenvalue weighted by Gasteiger charge is -2.27. The van der Waals surface area contributed by atoms with E-state index in [0.717, 1.165) is 56.2 Å². The van der Waals surface area contributed by atoms with Crippen LogP contribution in [-0.4, -0.2) is 28.0 Å². The van der Waals surface area contributed by atoms with E-state index in [1.54, 1.807) is 0 Å². The lowest BCUT2D eigenvalue weighted by atomic mass is 9.80. The van der Waals surface area contributed by atoms with E-state index in [2.05, 4.69) is 34.6 Å². The molecule has 5 rings (SSSR count). The van der Waals surface area contributed by atoms with Crippen molar-refractivity contribution in [3.05, 3.63) is 70.1 Å². The van der Waals surface area contributed by atoms with E-state index in [9.17, 15) is 4.79 Å². The maximum absolute atomic E-state index is 12.1. The molecule has 0 saturated carbocycles. The Bertz CT molecular complexity index is 1110. The molecule has 2 heterocycles. The van der Waals surface area contributed by atoms with Gasteiger partial charge in [-0.15, -0.1) is 0 Å². The second-order valence-corrected chi connectivity index (χ2v) is 8.64. The van der Waals surface area contributed by atoms with Crippen LogP contribution in [0.5, 0.6) is 0 Å². The van der Waals surface area contributed by atoms with Gasteiger partial charge in [-0.25, -0.2) is 4.79 Å². The third-order valence-electron chi connectivity index (χ3n) is 6.70. The first-order valence-corrected chi connectivity index (χ1v) is 11.3. The maximum Gasteiger partial charge on any atom is 0.326 e. The van der Waals surface area contributed by atoms with Crippen LogP contribution in [0, 0.1) is 0 Å². The minimum absolute atomic E-state index is 0.00190. The fourth-order valence-electron chi connectivity index (χ4n) is 5.15. The number of aliphatic imine (C=N–C) groups is 1. The first-order valence-electron chi connectivity index (χ1n) is 11.3. The molecule has 1 saturated heterocycles. The largest absolute Gasteiger partial charge is 0.370 e. The lowest BCUT2D eigenvalue weighted by molar-refractivity contribution is 0.486. The van der Waals surface area contributed by atoms with E-state index in [0.29, 0.717) is 12.0 Å². The van der Waals surface area contributed by atoms with E-state index >= 15 is 0 Å². The predicted octanol–water partition coefficient (Wildman–Crippen LogP) is 4.38. The highest BCUT2D eigenvalue weighted by atomic mass is 16.1. The average molecular weight is 403 g/mol.